The second-order valence-corrected chi connectivity index (χ2v) is 7.54. The minimum atomic E-state index is -0.216. The Hall–Kier alpha value is -1.25. The summed E-state index contributed by atoms with van der Waals surface area (Å²) in [4.78, 5) is 14.5. The number of carbonyl (C=O) groups excluding carboxylic acids is 1. The van der Waals surface area contributed by atoms with Gasteiger partial charge in [0.25, 0.3) is 0 Å². The van der Waals surface area contributed by atoms with Crippen molar-refractivity contribution in [2.45, 2.75) is 110 Å². The molecule has 0 amide bonds. The van der Waals surface area contributed by atoms with E-state index in [1.54, 1.807) is 18.5 Å². The predicted octanol–water partition coefficient (Wildman–Crippen LogP) is 7.43. The van der Waals surface area contributed by atoms with E-state index in [9.17, 15) is 4.79 Å². The number of unbranched alkanes of at least 4 members (excludes halogenated alkanes) is 15. The third kappa shape index (κ3) is 13.0. The van der Waals surface area contributed by atoms with Crippen molar-refractivity contribution >= 4 is 5.97 Å². The smallest absolute Gasteiger partial charge is 0.339 e. The summed E-state index contributed by atoms with van der Waals surface area (Å²) in [5, 5.41) is 0. The van der Waals surface area contributed by atoms with Gasteiger partial charge in [-0.1, -0.05) is 103 Å². The van der Waals surface area contributed by atoms with Crippen LogP contribution >= 0.6 is 0 Å². The highest BCUT2D eigenvalue weighted by Crippen LogP contribution is 2.13. The first kappa shape index (κ1) is 22.8. The molecule has 1 heterocycles. The van der Waals surface area contributed by atoms with Crippen LogP contribution in [0.4, 0.5) is 0 Å². The second kappa shape index (κ2) is 17.2. The number of rotatable bonds is 18. The zero-order valence-electron chi connectivity index (χ0n) is 17.1. The van der Waals surface area contributed by atoms with E-state index < -0.39 is 0 Å². The van der Waals surface area contributed by atoms with Crippen LogP contribution in [-0.2, 0) is 4.74 Å². The van der Waals surface area contributed by atoms with Crippen molar-refractivity contribution in [3.8, 4) is 0 Å². The lowest BCUT2D eigenvalue weighted by molar-refractivity contribution is 0.0498. The van der Waals surface area contributed by atoms with E-state index in [1.165, 1.54) is 96.3 Å². The van der Waals surface area contributed by atoms with E-state index in [4.69, 9.17) is 4.74 Å². The molecular weight excluding hydrogens is 322 g/mol. The quantitative estimate of drug-likeness (QED) is 0.217. The molecule has 0 saturated carbocycles. The molecule has 3 nitrogen and oxygen atoms in total. The number of aromatic nitrogens is 1. The second-order valence-electron chi connectivity index (χ2n) is 7.54. The van der Waals surface area contributed by atoms with Crippen molar-refractivity contribution in [2.75, 3.05) is 6.61 Å². The predicted molar refractivity (Wildman–Crippen MR) is 111 cm³/mol. The van der Waals surface area contributed by atoms with Crippen molar-refractivity contribution in [3.63, 3.8) is 0 Å². The zero-order chi connectivity index (χ0) is 18.7. The summed E-state index contributed by atoms with van der Waals surface area (Å²) in [5.41, 5.74) is 0.612. The van der Waals surface area contributed by atoms with Gasteiger partial charge >= 0.3 is 5.97 Å². The molecule has 1 N–H and O–H groups in total. The molecule has 1 aromatic heterocycles. The molecule has 1 aromatic rings. The summed E-state index contributed by atoms with van der Waals surface area (Å²) in [6.45, 7) is 2.82. The molecule has 0 aliphatic carbocycles. The molecule has 0 aliphatic rings. The Morgan fingerprint density at radius 2 is 1.23 bits per heavy atom. The van der Waals surface area contributed by atoms with Crippen LogP contribution in [0.15, 0.2) is 18.5 Å². The Bertz CT molecular complexity index is 414. The van der Waals surface area contributed by atoms with Crippen LogP contribution in [-0.4, -0.2) is 17.6 Å². The first-order valence-corrected chi connectivity index (χ1v) is 11.1. The van der Waals surface area contributed by atoms with Gasteiger partial charge in [0.2, 0.25) is 0 Å². The summed E-state index contributed by atoms with van der Waals surface area (Å²) >= 11 is 0. The number of esters is 1. The van der Waals surface area contributed by atoms with E-state index in [2.05, 4.69) is 11.9 Å². The molecule has 0 saturated heterocycles. The van der Waals surface area contributed by atoms with Gasteiger partial charge in [-0.05, 0) is 12.5 Å². The first-order valence-electron chi connectivity index (χ1n) is 11.1. The molecule has 0 spiro atoms. The van der Waals surface area contributed by atoms with Crippen molar-refractivity contribution < 1.29 is 9.53 Å². The lowest BCUT2D eigenvalue weighted by atomic mass is 10.0. The maximum atomic E-state index is 11.6. The fourth-order valence-corrected chi connectivity index (χ4v) is 3.35. The number of hydrogen-bond donors (Lipinski definition) is 1. The zero-order valence-corrected chi connectivity index (χ0v) is 17.1. The number of ether oxygens (including phenoxy) is 1. The molecular formula is C23H41NO2. The molecule has 26 heavy (non-hydrogen) atoms. The van der Waals surface area contributed by atoms with E-state index in [1.807, 2.05) is 0 Å². The SMILES string of the molecule is CCCCCCCCCCCCCCCCCCOC(=O)c1cc[nH]c1. The van der Waals surface area contributed by atoms with E-state index >= 15 is 0 Å². The van der Waals surface area contributed by atoms with Gasteiger partial charge in [-0.3, -0.25) is 0 Å². The molecule has 0 aromatic carbocycles. The topological polar surface area (TPSA) is 42.1 Å². The van der Waals surface area contributed by atoms with Gasteiger partial charge in [-0.25, -0.2) is 4.79 Å². The van der Waals surface area contributed by atoms with Crippen LogP contribution < -0.4 is 0 Å². The highest BCUT2D eigenvalue weighted by molar-refractivity contribution is 5.89. The van der Waals surface area contributed by atoms with Gasteiger partial charge in [-0.15, -0.1) is 0 Å². The van der Waals surface area contributed by atoms with Crippen LogP contribution in [0, 0.1) is 0 Å². The average molecular weight is 364 g/mol. The largest absolute Gasteiger partial charge is 0.462 e. The number of aromatic amines is 1. The lowest BCUT2D eigenvalue weighted by Crippen LogP contribution is -2.05. The molecule has 0 unspecified atom stereocenters. The summed E-state index contributed by atoms with van der Waals surface area (Å²) in [5.74, 6) is -0.216. The van der Waals surface area contributed by atoms with E-state index in [-0.39, 0.29) is 5.97 Å². The summed E-state index contributed by atoms with van der Waals surface area (Å²) in [7, 11) is 0. The number of carbonyl (C=O) groups is 1. The van der Waals surface area contributed by atoms with Gasteiger partial charge in [0.05, 0.1) is 12.2 Å². The minimum Gasteiger partial charge on any atom is -0.462 e. The maximum absolute atomic E-state index is 11.6. The third-order valence-electron chi connectivity index (χ3n) is 5.06. The van der Waals surface area contributed by atoms with E-state index in [0.717, 1.165) is 6.42 Å². The molecule has 0 fully saturated rings. The Labute approximate surface area is 161 Å². The van der Waals surface area contributed by atoms with Crippen molar-refractivity contribution in [3.05, 3.63) is 24.0 Å². The van der Waals surface area contributed by atoms with Crippen LogP contribution in [0.1, 0.15) is 120 Å². The van der Waals surface area contributed by atoms with Crippen molar-refractivity contribution in [1.29, 1.82) is 0 Å². The van der Waals surface area contributed by atoms with E-state index in [0.29, 0.717) is 12.2 Å². The average Bonchev–Trinajstić information content (AvgIpc) is 3.19. The van der Waals surface area contributed by atoms with Gasteiger partial charge < -0.3 is 9.72 Å². The summed E-state index contributed by atoms with van der Waals surface area (Å²) in [6.07, 6.45) is 25.1. The van der Waals surface area contributed by atoms with Gasteiger partial charge in [0.1, 0.15) is 0 Å². The fourth-order valence-electron chi connectivity index (χ4n) is 3.35. The molecule has 3 heteroatoms. The van der Waals surface area contributed by atoms with Crippen molar-refractivity contribution in [1.82, 2.24) is 4.98 Å². The Balaban J connectivity index is 1.71. The van der Waals surface area contributed by atoms with Crippen LogP contribution in [0.25, 0.3) is 0 Å². The third-order valence-corrected chi connectivity index (χ3v) is 5.06. The Morgan fingerprint density at radius 3 is 1.65 bits per heavy atom. The van der Waals surface area contributed by atoms with Crippen LogP contribution in [0.5, 0.6) is 0 Å². The molecule has 150 valence electrons. The summed E-state index contributed by atoms with van der Waals surface area (Å²) in [6, 6.07) is 1.75. The lowest BCUT2D eigenvalue weighted by Gasteiger charge is -2.04. The van der Waals surface area contributed by atoms with Gasteiger partial charge in [0, 0.05) is 12.4 Å². The molecule has 0 aliphatic heterocycles. The molecule has 0 radical (unpaired) electrons. The van der Waals surface area contributed by atoms with Crippen LogP contribution in [0.3, 0.4) is 0 Å². The van der Waals surface area contributed by atoms with Gasteiger partial charge in [-0.2, -0.15) is 0 Å². The summed E-state index contributed by atoms with van der Waals surface area (Å²) < 4.78 is 5.25. The normalized spacial score (nSPS) is 11.0. The standard InChI is InChI=1S/C23H41NO2/c1-2-3-4-5-6-7-8-9-10-11-12-13-14-15-16-17-20-26-23(25)22-18-19-24-21-22/h18-19,21,24H,2-17,20H2,1H3. The minimum absolute atomic E-state index is 0.216. The number of H-pyrrole nitrogens is 1. The maximum Gasteiger partial charge on any atom is 0.339 e. The Kier molecular flexibility index (Phi) is 15.1. The fraction of sp³-hybridized carbons (Fsp3) is 0.783. The highest BCUT2D eigenvalue weighted by Gasteiger charge is 2.05. The first-order chi connectivity index (χ1) is 12.8. The molecule has 0 atom stereocenters. The highest BCUT2D eigenvalue weighted by atomic mass is 16.5. The Morgan fingerprint density at radius 1 is 0.769 bits per heavy atom. The number of nitrogens with one attached hydrogen (secondary N) is 1. The van der Waals surface area contributed by atoms with Crippen LogP contribution in [0.2, 0.25) is 0 Å². The number of hydrogen-bond acceptors (Lipinski definition) is 2. The van der Waals surface area contributed by atoms with Crippen molar-refractivity contribution in [2.24, 2.45) is 0 Å². The molecule has 1 rings (SSSR count). The monoisotopic (exact) mass is 363 g/mol. The van der Waals surface area contributed by atoms with Gasteiger partial charge in [0.15, 0.2) is 0 Å². The molecule has 0 bridgehead atoms.